The van der Waals surface area contributed by atoms with Crippen LogP contribution in [0.1, 0.15) is 31.1 Å². The highest BCUT2D eigenvalue weighted by molar-refractivity contribution is 6.31. The van der Waals surface area contributed by atoms with E-state index in [0.717, 1.165) is 11.1 Å². The van der Waals surface area contributed by atoms with Crippen LogP contribution in [-0.2, 0) is 4.74 Å². The number of anilines is 1. The largest absolute Gasteiger partial charge is 0.456 e. The molecule has 2 aromatic rings. The van der Waals surface area contributed by atoms with Gasteiger partial charge in [-0.15, -0.1) is 0 Å². The van der Waals surface area contributed by atoms with Gasteiger partial charge in [0.15, 0.2) is 0 Å². The number of halogens is 1. The molecule has 0 atom stereocenters. The number of rotatable bonds is 2. The third-order valence-corrected chi connectivity index (χ3v) is 2.99. The Labute approximate surface area is 129 Å². The van der Waals surface area contributed by atoms with Crippen LogP contribution in [0.15, 0.2) is 42.5 Å². The number of esters is 1. The van der Waals surface area contributed by atoms with Crippen molar-refractivity contribution in [1.29, 1.82) is 0 Å². The Bertz CT molecular complexity index is 637. The van der Waals surface area contributed by atoms with E-state index >= 15 is 0 Å². The number of carbonyl (C=O) groups is 1. The van der Waals surface area contributed by atoms with Crippen molar-refractivity contribution >= 4 is 23.3 Å². The zero-order valence-electron chi connectivity index (χ0n) is 12.3. The van der Waals surface area contributed by atoms with E-state index in [1.807, 2.05) is 45.0 Å². The van der Waals surface area contributed by atoms with Crippen LogP contribution in [0.3, 0.4) is 0 Å². The van der Waals surface area contributed by atoms with Crippen molar-refractivity contribution in [2.45, 2.75) is 26.4 Å². The van der Waals surface area contributed by atoms with E-state index in [2.05, 4.69) is 0 Å². The topological polar surface area (TPSA) is 52.3 Å². The Morgan fingerprint density at radius 2 is 1.67 bits per heavy atom. The van der Waals surface area contributed by atoms with Gasteiger partial charge in [-0.05, 0) is 62.2 Å². The lowest BCUT2D eigenvalue weighted by Gasteiger charge is -2.19. The lowest BCUT2D eigenvalue weighted by molar-refractivity contribution is 0.00696. The van der Waals surface area contributed by atoms with Crippen LogP contribution in [0, 0.1) is 0 Å². The second kappa shape index (κ2) is 5.78. The van der Waals surface area contributed by atoms with E-state index in [4.69, 9.17) is 22.1 Å². The number of nitrogen functional groups attached to an aromatic ring is 1. The molecule has 0 heterocycles. The molecule has 0 amide bonds. The Hall–Kier alpha value is -2.00. The maximum Gasteiger partial charge on any atom is 0.338 e. The summed E-state index contributed by atoms with van der Waals surface area (Å²) < 4.78 is 5.33. The standard InChI is InChI=1S/C17H18ClNO2/c1-17(2,3)21-16(20)12-6-4-11(5-7-12)13-8-14(18)10-15(19)9-13/h4-10H,19H2,1-3H3. The van der Waals surface area contributed by atoms with Gasteiger partial charge in [-0.3, -0.25) is 0 Å². The van der Waals surface area contributed by atoms with Crippen LogP contribution in [0.4, 0.5) is 5.69 Å². The first-order valence-corrected chi connectivity index (χ1v) is 7.02. The molecule has 4 heteroatoms. The maximum absolute atomic E-state index is 12.0. The molecule has 0 bridgehead atoms. The summed E-state index contributed by atoms with van der Waals surface area (Å²) in [6, 6.07) is 12.5. The molecule has 3 nitrogen and oxygen atoms in total. The third kappa shape index (κ3) is 4.23. The van der Waals surface area contributed by atoms with Gasteiger partial charge in [-0.2, -0.15) is 0 Å². The predicted octanol–water partition coefficient (Wildman–Crippen LogP) is 4.54. The summed E-state index contributed by atoms with van der Waals surface area (Å²) in [6.07, 6.45) is 0. The SMILES string of the molecule is CC(C)(C)OC(=O)c1ccc(-c2cc(N)cc(Cl)c2)cc1. The first-order chi connectivity index (χ1) is 9.74. The second-order valence-electron chi connectivity index (χ2n) is 5.85. The molecular weight excluding hydrogens is 286 g/mol. The summed E-state index contributed by atoms with van der Waals surface area (Å²) in [5.41, 5.74) is 8.26. The summed E-state index contributed by atoms with van der Waals surface area (Å²) in [6.45, 7) is 5.52. The number of carbonyl (C=O) groups excluding carboxylic acids is 1. The van der Waals surface area contributed by atoms with Gasteiger partial charge < -0.3 is 10.5 Å². The van der Waals surface area contributed by atoms with Crippen molar-refractivity contribution in [3.8, 4) is 11.1 Å². The average molecular weight is 304 g/mol. The van der Waals surface area contributed by atoms with Gasteiger partial charge in [0, 0.05) is 10.7 Å². The lowest BCUT2D eigenvalue weighted by atomic mass is 10.0. The molecule has 0 aliphatic rings. The number of ether oxygens (including phenoxy) is 1. The van der Waals surface area contributed by atoms with Gasteiger partial charge in [0.1, 0.15) is 5.60 Å². The highest BCUT2D eigenvalue weighted by Crippen LogP contribution is 2.26. The van der Waals surface area contributed by atoms with E-state index in [-0.39, 0.29) is 5.97 Å². The zero-order valence-corrected chi connectivity index (χ0v) is 13.1. The Morgan fingerprint density at radius 1 is 1.05 bits per heavy atom. The molecule has 0 saturated heterocycles. The van der Waals surface area contributed by atoms with Gasteiger partial charge in [0.05, 0.1) is 5.56 Å². The molecule has 110 valence electrons. The van der Waals surface area contributed by atoms with Crippen LogP contribution in [0.2, 0.25) is 5.02 Å². The molecule has 0 aliphatic heterocycles. The van der Waals surface area contributed by atoms with Crippen molar-refractivity contribution < 1.29 is 9.53 Å². The molecule has 0 fully saturated rings. The lowest BCUT2D eigenvalue weighted by Crippen LogP contribution is -2.23. The highest BCUT2D eigenvalue weighted by atomic mass is 35.5. The predicted molar refractivity (Wildman–Crippen MR) is 86.5 cm³/mol. The van der Waals surface area contributed by atoms with E-state index in [1.165, 1.54) is 0 Å². The number of nitrogens with two attached hydrogens (primary N) is 1. The molecule has 2 N–H and O–H groups in total. The summed E-state index contributed by atoms with van der Waals surface area (Å²) in [5, 5.41) is 0.584. The van der Waals surface area contributed by atoms with Gasteiger partial charge in [-0.25, -0.2) is 4.79 Å². The number of benzene rings is 2. The quantitative estimate of drug-likeness (QED) is 0.654. The maximum atomic E-state index is 12.0. The monoisotopic (exact) mass is 303 g/mol. The fourth-order valence-corrected chi connectivity index (χ4v) is 2.16. The summed E-state index contributed by atoms with van der Waals surface area (Å²) >= 11 is 6.00. The summed E-state index contributed by atoms with van der Waals surface area (Å²) in [5.74, 6) is -0.334. The summed E-state index contributed by atoms with van der Waals surface area (Å²) in [4.78, 5) is 12.0. The second-order valence-corrected chi connectivity index (χ2v) is 6.29. The van der Waals surface area contributed by atoms with E-state index in [1.54, 1.807) is 18.2 Å². The fourth-order valence-electron chi connectivity index (χ4n) is 1.91. The molecule has 2 rings (SSSR count). The van der Waals surface area contributed by atoms with Crippen LogP contribution < -0.4 is 5.73 Å². The van der Waals surface area contributed by atoms with Gasteiger partial charge >= 0.3 is 5.97 Å². The minimum Gasteiger partial charge on any atom is -0.456 e. The number of hydrogen-bond donors (Lipinski definition) is 1. The average Bonchev–Trinajstić information content (AvgIpc) is 2.35. The molecular formula is C17H18ClNO2. The van der Waals surface area contributed by atoms with Gasteiger partial charge in [0.2, 0.25) is 0 Å². The molecule has 0 aliphatic carbocycles. The molecule has 2 aromatic carbocycles. The summed E-state index contributed by atoms with van der Waals surface area (Å²) in [7, 11) is 0. The normalized spacial score (nSPS) is 11.2. The number of hydrogen-bond acceptors (Lipinski definition) is 3. The van der Waals surface area contributed by atoms with Gasteiger partial charge in [-0.1, -0.05) is 23.7 Å². The molecule has 21 heavy (non-hydrogen) atoms. The molecule has 0 aromatic heterocycles. The Kier molecular flexibility index (Phi) is 4.24. The zero-order chi connectivity index (χ0) is 15.6. The Morgan fingerprint density at radius 3 is 2.19 bits per heavy atom. The van der Waals surface area contributed by atoms with Crippen molar-refractivity contribution in [2.24, 2.45) is 0 Å². The highest BCUT2D eigenvalue weighted by Gasteiger charge is 2.17. The van der Waals surface area contributed by atoms with E-state index in [0.29, 0.717) is 16.3 Å². The van der Waals surface area contributed by atoms with Crippen LogP contribution in [-0.4, -0.2) is 11.6 Å². The van der Waals surface area contributed by atoms with Crippen molar-refractivity contribution in [3.05, 3.63) is 53.1 Å². The van der Waals surface area contributed by atoms with Crippen LogP contribution in [0.25, 0.3) is 11.1 Å². The van der Waals surface area contributed by atoms with Crippen LogP contribution in [0.5, 0.6) is 0 Å². The minimum atomic E-state index is -0.503. The molecule has 0 spiro atoms. The van der Waals surface area contributed by atoms with Crippen molar-refractivity contribution in [1.82, 2.24) is 0 Å². The van der Waals surface area contributed by atoms with Crippen molar-refractivity contribution in [3.63, 3.8) is 0 Å². The molecule has 0 unspecified atom stereocenters. The Balaban J connectivity index is 2.24. The first kappa shape index (κ1) is 15.4. The third-order valence-electron chi connectivity index (χ3n) is 2.77. The van der Waals surface area contributed by atoms with Crippen molar-refractivity contribution in [2.75, 3.05) is 5.73 Å². The van der Waals surface area contributed by atoms with Crippen LogP contribution >= 0.6 is 11.6 Å². The molecule has 0 saturated carbocycles. The van der Waals surface area contributed by atoms with Gasteiger partial charge in [0.25, 0.3) is 0 Å². The molecule has 0 radical (unpaired) electrons. The van der Waals surface area contributed by atoms with E-state index < -0.39 is 5.60 Å². The minimum absolute atomic E-state index is 0.334. The fraction of sp³-hybridized carbons (Fsp3) is 0.235. The smallest absolute Gasteiger partial charge is 0.338 e. The first-order valence-electron chi connectivity index (χ1n) is 6.64. The van der Waals surface area contributed by atoms with E-state index in [9.17, 15) is 4.79 Å².